The number of benzene rings is 2. The number of piperidine rings is 1. The van der Waals surface area contributed by atoms with Crippen LogP contribution in [0, 0.1) is 0 Å². The van der Waals surface area contributed by atoms with Gasteiger partial charge >= 0.3 is 6.03 Å². The van der Waals surface area contributed by atoms with Crippen molar-refractivity contribution in [3.8, 4) is 11.5 Å². The summed E-state index contributed by atoms with van der Waals surface area (Å²) < 4.78 is 37.6. The quantitative estimate of drug-likeness (QED) is 0.624. The second-order valence-electron chi connectivity index (χ2n) is 6.87. The molecule has 0 saturated carbocycles. The molecule has 30 heavy (non-hydrogen) atoms. The molecule has 2 N–H and O–H groups in total. The molecule has 162 valence electrons. The zero-order valence-corrected chi connectivity index (χ0v) is 17.8. The van der Waals surface area contributed by atoms with Crippen molar-refractivity contribution in [1.29, 1.82) is 0 Å². The first kappa shape index (κ1) is 21.9. The van der Waals surface area contributed by atoms with E-state index >= 15 is 0 Å². The standard InChI is InChI=1S/C21H27N3O5S/c1-28-20-8-4-3-7-19(20)23-21(25)22-13-16-29-17-9-11-18(12-10-17)30(26,27)24-14-5-2-6-15-24/h3-4,7-12H,2,5-6,13-16H2,1H3,(H2,22,23,25). The number of carbonyl (C=O) groups is 1. The molecule has 0 aliphatic carbocycles. The maximum atomic E-state index is 12.7. The second kappa shape index (κ2) is 10.3. The fourth-order valence-corrected chi connectivity index (χ4v) is 4.73. The molecular formula is C21H27N3O5S. The molecule has 2 amide bonds. The molecule has 8 nitrogen and oxygen atoms in total. The van der Waals surface area contributed by atoms with Gasteiger partial charge in [-0.2, -0.15) is 4.31 Å². The van der Waals surface area contributed by atoms with Crippen molar-refractivity contribution in [1.82, 2.24) is 9.62 Å². The summed E-state index contributed by atoms with van der Waals surface area (Å²) in [5, 5.41) is 5.41. The lowest BCUT2D eigenvalue weighted by Crippen LogP contribution is -2.35. The van der Waals surface area contributed by atoms with Crippen molar-refractivity contribution in [3.63, 3.8) is 0 Å². The Morgan fingerprint density at radius 3 is 2.43 bits per heavy atom. The van der Waals surface area contributed by atoms with Gasteiger partial charge in [0.25, 0.3) is 0 Å². The van der Waals surface area contributed by atoms with Gasteiger partial charge in [-0.05, 0) is 49.2 Å². The van der Waals surface area contributed by atoms with Crippen LogP contribution in [0.1, 0.15) is 19.3 Å². The second-order valence-corrected chi connectivity index (χ2v) is 8.80. The van der Waals surface area contributed by atoms with Gasteiger partial charge in [0, 0.05) is 13.1 Å². The largest absolute Gasteiger partial charge is 0.495 e. The summed E-state index contributed by atoms with van der Waals surface area (Å²) in [6, 6.07) is 13.1. The number of anilines is 1. The van der Waals surface area contributed by atoms with E-state index in [1.165, 1.54) is 11.4 Å². The Bertz CT molecular complexity index is 941. The van der Waals surface area contributed by atoms with E-state index in [1.54, 1.807) is 42.5 Å². The molecule has 0 bridgehead atoms. The van der Waals surface area contributed by atoms with Crippen molar-refractivity contribution >= 4 is 21.7 Å². The number of hydrogen-bond acceptors (Lipinski definition) is 5. The lowest BCUT2D eigenvalue weighted by Gasteiger charge is -2.25. The fourth-order valence-electron chi connectivity index (χ4n) is 3.21. The molecule has 0 unspecified atom stereocenters. The summed E-state index contributed by atoms with van der Waals surface area (Å²) in [6.07, 6.45) is 2.87. The summed E-state index contributed by atoms with van der Waals surface area (Å²) in [5.41, 5.74) is 0.573. The molecule has 0 spiro atoms. The highest BCUT2D eigenvalue weighted by Gasteiger charge is 2.25. The minimum atomic E-state index is -3.45. The molecule has 1 fully saturated rings. The number of para-hydroxylation sites is 2. The molecule has 1 saturated heterocycles. The van der Waals surface area contributed by atoms with Gasteiger partial charge in [0.05, 0.1) is 24.2 Å². The number of ether oxygens (including phenoxy) is 2. The Hall–Kier alpha value is -2.78. The molecule has 1 aliphatic rings. The van der Waals surface area contributed by atoms with E-state index in [4.69, 9.17) is 9.47 Å². The highest BCUT2D eigenvalue weighted by Crippen LogP contribution is 2.23. The van der Waals surface area contributed by atoms with Crippen molar-refractivity contribution in [2.24, 2.45) is 0 Å². The Morgan fingerprint density at radius 1 is 1.03 bits per heavy atom. The van der Waals surface area contributed by atoms with E-state index in [0.29, 0.717) is 30.3 Å². The van der Waals surface area contributed by atoms with Crippen molar-refractivity contribution < 1.29 is 22.7 Å². The summed E-state index contributed by atoms with van der Waals surface area (Å²) in [7, 11) is -1.91. The van der Waals surface area contributed by atoms with Gasteiger partial charge in [0.2, 0.25) is 10.0 Å². The molecule has 3 rings (SSSR count). The highest BCUT2D eigenvalue weighted by atomic mass is 32.2. The average molecular weight is 434 g/mol. The third-order valence-electron chi connectivity index (χ3n) is 4.79. The molecule has 0 aromatic heterocycles. The van der Waals surface area contributed by atoms with E-state index < -0.39 is 10.0 Å². The van der Waals surface area contributed by atoms with Crippen LogP contribution in [0.5, 0.6) is 11.5 Å². The number of sulfonamides is 1. The normalized spacial score (nSPS) is 14.7. The number of nitrogens with one attached hydrogen (secondary N) is 2. The number of carbonyl (C=O) groups excluding carboxylic acids is 1. The lowest BCUT2D eigenvalue weighted by atomic mass is 10.2. The molecular weight excluding hydrogens is 406 g/mol. The molecule has 0 atom stereocenters. The molecule has 1 heterocycles. The van der Waals surface area contributed by atoms with Crippen LogP contribution < -0.4 is 20.1 Å². The smallest absolute Gasteiger partial charge is 0.319 e. The fraction of sp³-hybridized carbons (Fsp3) is 0.381. The third kappa shape index (κ3) is 5.64. The van der Waals surface area contributed by atoms with Gasteiger partial charge in [-0.3, -0.25) is 0 Å². The van der Waals surface area contributed by atoms with Crippen LogP contribution in [0.2, 0.25) is 0 Å². The molecule has 2 aromatic carbocycles. The molecule has 9 heteroatoms. The number of nitrogens with zero attached hydrogens (tertiary/aromatic N) is 1. The monoisotopic (exact) mass is 433 g/mol. The van der Waals surface area contributed by atoms with E-state index in [2.05, 4.69) is 10.6 Å². The number of methoxy groups -OCH3 is 1. The third-order valence-corrected chi connectivity index (χ3v) is 6.70. The van der Waals surface area contributed by atoms with E-state index in [1.807, 2.05) is 6.07 Å². The van der Waals surface area contributed by atoms with E-state index in [0.717, 1.165) is 19.3 Å². The Labute approximate surface area is 177 Å². The van der Waals surface area contributed by atoms with Crippen LogP contribution in [0.4, 0.5) is 10.5 Å². The van der Waals surface area contributed by atoms with Gasteiger partial charge in [0.15, 0.2) is 0 Å². The first-order chi connectivity index (χ1) is 14.5. The van der Waals surface area contributed by atoms with Crippen LogP contribution >= 0.6 is 0 Å². The SMILES string of the molecule is COc1ccccc1NC(=O)NCCOc1ccc(S(=O)(=O)N2CCCCC2)cc1. The molecule has 1 aliphatic heterocycles. The summed E-state index contributed by atoms with van der Waals surface area (Å²) in [4.78, 5) is 12.3. The zero-order valence-electron chi connectivity index (χ0n) is 17.0. The van der Waals surface area contributed by atoms with Gasteiger partial charge in [-0.1, -0.05) is 18.6 Å². The minimum absolute atomic E-state index is 0.248. The Balaban J connectivity index is 1.44. The van der Waals surface area contributed by atoms with Crippen molar-refractivity contribution in [2.75, 3.05) is 38.7 Å². The average Bonchev–Trinajstić information content (AvgIpc) is 2.78. The highest BCUT2D eigenvalue weighted by molar-refractivity contribution is 7.89. The predicted molar refractivity (Wildman–Crippen MR) is 115 cm³/mol. The van der Waals surface area contributed by atoms with Crippen LogP contribution in [-0.2, 0) is 10.0 Å². The maximum absolute atomic E-state index is 12.7. The molecule has 0 radical (unpaired) electrons. The van der Waals surface area contributed by atoms with E-state index in [-0.39, 0.29) is 24.1 Å². The van der Waals surface area contributed by atoms with Crippen molar-refractivity contribution in [3.05, 3.63) is 48.5 Å². The maximum Gasteiger partial charge on any atom is 0.319 e. The Morgan fingerprint density at radius 2 is 1.73 bits per heavy atom. The Kier molecular flexibility index (Phi) is 7.53. The van der Waals surface area contributed by atoms with Crippen LogP contribution in [0.25, 0.3) is 0 Å². The lowest BCUT2D eigenvalue weighted by molar-refractivity contribution is 0.247. The van der Waals surface area contributed by atoms with Crippen molar-refractivity contribution in [2.45, 2.75) is 24.2 Å². The van der Waals surface area contributed by atoms with Crippen LogP contribution in [0.15, 0.2) is 53.4 Å². The summed E-state index contributed by atoms with van der Waals surface area (Å²) in [5.74, 6) is 1.11. The number of amides is 2. The predicted octanol–water partition coefficient (Wildman–Crippen LogP) is 3.07. The van der Waals surface area contributed by atoms with Gasteiger partial charge in [0.1, 0.15) is 18.1 Å². The number of rotatable bonds is 8. The van der Waals surface area contributed by atoms with Crippen LogP contribution in [-0.4, -0.2) is 52.1 Å². The first-order valence-corrected chi connectivity index (χ1v) is 11.4. The first-order valence-electron chi connectivity index (χ1n) is 9.91. The topological polar surface area (TPSA) is 97.0 Å². The minimum Gasteiger partial charge on any atom is -0.495 e. The van der Waals surface area contributed by atoms with Gasteiger partial charge < -0.3 is 20.1 Å². The number of urea groups is 1. The van der Waals surface area contributed by atoms with E-state index in [9.17, 15) is 13.2 Å². The number of hydrogen-bond donors (Lipinski definition) is 2. The summed E-state index contributed by atoms with van der Waals surface area (Å²) in [6.45, 7) is 1.68. The van der Waals surface area contributed by atoms with Gasteiger partial charge in [-0.25, -0.2) is 13.2 Å². The van der Waals surface area contributed by atoms with Crippen LogP contribution in [0.3, 0.4) is 0 Å². The van der Waals surface area contributed by atoms with Gasteiger partial charge in [-0.15, -0.1) is 0 Å². The summed E-state index contributed by atoms with van der Waals surface area (Å²) >= 11 is 0. The zero-order chi connectivity index (χ0) is 21.4. The molecule has 2 aromatic rings.